The van der Waals surface area contributed by atoms with E-state index in [4.69, 9.17) is 0 Å². The van der Waals surface area contributed by atoms with E-state index >= 15 is 0 Å². The van der Waals surface area contributed by atoms with E-state index in [9.17, 15) is 0 Å². The number of hydrogen-bond acceptors (Lipinski definition) is 2. The summed E-state index contributed by atoms with van der Waals surface area (Å²) in [5, 5.41) is 4.87. The van der Waals surface area contributed by atoms with Crippen molar-refractivity contribution in [3.05, 3.63) is 169 Å². The van der Waals surface area contributed by atoms with E-state index in [0.29, 0.717) is 0 Å². The van der Waals surface area contributed by atoms with Crippen LogP contribution in [0.25, 0.3) is 21.5 Å². The van der Waals surface area contributed by atoms with Crippen molar-refractivity contribution >= 4 is 55.7 Å². The van der Waals surface area contributed by atoms with Crippen molar-refractivity contribution in [2.45, 2.75) is 65.2 Å². The third-order valence-corrected chi connectivity index (χ3v) is 9.88. The van der Waals surface area contributed by atoms with Crippen molar-refractivity contribution in [3.63, 3.8) is 0 Å². The summed E-state index contributed by atoms with van der Waals surface area (Å²) < 4.78 is 0. The van der Waals surface area contributed by atoms with Crippen LogP contribution in [0.5, 0.6) is 0 Å². The van der Waals surface area contributed by atoms with Crippen molar-refractivity contribution in [1.29, 1.82) is 0 Å². The van der Waals surface area contributed by atoms with Crippen molar-refractivity contribution in [2.75, 3.05) is 9.80 Å². The van der Waals surface area contributed by atoms with Crippen LogP contribution in [-0.4, -0.2) is 0 Å². The molecule has 50 heavy (non-hydrogen) atoms. The summed E-state index contributed by atoms with van der Waals surface area (Å²) in [6.07, 6.45) is 9.75. The van der Waals surface area contributed by atoms with Gasteiger partial charge in [-0.25, -0.2) is 0 Å². The van der Waals surface area contributed by atoms with Crippen LogP contribution in [-0.2, 0) is 12.8 Å². The van der Waals surface area contributed by atoms with Gasteiger partial charge in [-0.2, -0.15) is 0 Å². The minimum Gasteiger partial charge on any atom is -0.309 e. The topological polar surface area (TPSA) is 6.48 Å². The molecule has 0 spiro atoms. The predicted molar refractivity (Wildman–Crippen MR) is 217 cm³/mol. The molecule has 0 fully saturated rings. The quantitative estimate of drug-likeness (QED) is 0.0655. The van der Waals surface area contributed by atoms with Gasteiger partial charge in [-0.15, -0.1) is 0 Å². The summed E-state index contributed by atoms with van der Waals surface area (Å²) in [5.41, 5.74) is 9.81. The van der Waals surface area contributed by atoms with E-state index < -0.39 is 0 Å². The summed E-state index contributed by atoms with van der Waals surface area (Å²) in [5.74, 6) is 0. The molecule has 0 heterocycles. The van der Waals surface area contributed by atoms with Gasteiger partial charge in [0.15, 0.2) is 0 Å². The summed E-state index contributed by atoms with van der Waals surface area (Å²) >= 11 is 0. The molecule has 0 aliphatic rings. The minimum atomic E-state index is 1.11. The molecule has 0 bridgehead atoms. The maximum Gasteiger partial charge on any atom is 0.0619 e. The second-order valence-corrected chi connectivity index (χ2v) is 13.4. The normalized spacial score (nSPS) is 11.2. The van der Waals surface area contributed by atoms with Crippen LogP contribution in [0.4, 0.5) is 34.1 Å². The van der Waals surface area contributed by atoms with Gasteiger partial charge >= 0.3 is 0 Å². The highest BCUT2D eigenvalue weighted by atomic mass is 15.2. The van der Waals surface area contributed by atoms with Crippen LogP contribution < -0.4 is 9.80 Å². The first kappa shape index (κ1) is 33.2. The Morgan fingerprint density at radius 3 is 1.04 bits per heavy atom. The molecule has 0 radical (unpaired) electrons. The molecular formula is C48H48N2. The molecule has 0 N–H and O–H groups in total. The molecule has 7 aromatic rings. The van der Waals surface area contributed by atoms with Crippen molar-refractivity contribution in [3.8, 4) is 0 Å². The predicted octanol–water partition coefficient (Wildman–Crippen LogP) is 14.4. The van der Waals surface area contributed by atoms with Crippen LogP contribution in [0.2, 0.25) is 0 Å². The van der Waals surface area contributed by atoms with E-state index in [-0.39, 0.29) is 0 Å². The van der Waals surface area contributed by atoms with E-state index in [1.54, 1.807) is 0 Å². The first-order valence-electron chi connectivity index (χ1n) is 18.6. The molecule has 0 amide bonds. The molecule has 7 rings (SSSR count). The average molecular weight is 653 g/mol. The molecule has 0 unspecified atom stereocenters. The van der Waals surface area contributed by atoms with Crippen molar-refractivity contribution in [1.82, 2.24) is 0 Å². The van der Waals surface area contributed by atoms with Crippen LogP contribution in [0.3, 0.4) is 0 Å². The molecule has 0 aliphatic carbocycles. The Kier molecular flexibility index (Phi) is 10.6. The molecule has 2 heteroatoms. The largest absolute Gasteiger partial charge is 0.309 e. The van der Waals surface area contributed by atoms with Gasteiger partial charge in [0, 0.05) is 44.3 Å². The summed E-state index contributed by atoms with van der Waals surface area (Å²) in [4.78, 5) is 4.92. The molecule has 0 saturated carbocycles. The summed E-state index contributed by atoms with van der Waals surface area (Å²) in [7, 11) is 0. The number of benzene rings is 7. The SMILES string of the molecule is CCCCCCc1ccc(N(c2ccccc2)c2c3ccccc3c(N(c3ccccc3)c3ccc(CCCC)cc3)c3ccccc23)cc1. The van der Waals surface area contributed by atoms with E-state index in [1.165, 1.54) is 88.3 Å². The van der Waals surface area contributed by atoms with Crippen LogP contribution in [0.1, 0.15) is 63.5 Å². The molecule has 0 atom stereocenters. The van der Waals surface area contributed by atoms with Gasteiger partial charge in [-0.3, -0.25) is 0 Å². The molecular weight excluding hydrogens is 605 g/mol. The fourth-order valence-electron chi connectivity index (χ4n) is 7.29. The van der Waals surface area contributed by atoms with Crippen LogP contribution in [0, 0.1) is 0 Å². The summed E-state index contributed by atoms with van der Waals surface area (Å²) in [6.45, 7) is 4.53. The first-order valence-corrected chi connectivity index (χ1v) is 18.6. The van der Waals surface area contributed by atoms with Gasteiger partial charge in [0.2, 0.25) is 0 Å². The molecule has 250 valence electrons. The van der Waals surface area contributed by atoms with Gasteiger partial charge in [0.1, 0.15) is 0 Å². The maximum atomic E-state index is 2.46. The highest BCUT2D eigenvalue weighted by Gasteiger charge is 2.25. The second-order valence-electron chi connectivity index (χ2n) is 13.4. The average Bonchev–Trinajstić information content (AvgIpc) is 3.18. The molecule has 0 aromatic heterocycles. The Hall–Kier alpha value is -5.34. The highest BCUT2D eigenvalue weighted by Crippen LogP contribution is 2.50. The zero-order valence-electron chi connectivity index (χ0n) is 29.6. The Bertz CT molecular complexity index is 2060. The number of fused-ring (bicyclic) bond motifs is 2. The lowest BCUT2D eigenvalue weighted by Gasteiger charge is -2.33. The van der Waals surface area contributed by atoms with Crippen LogP contribution >= 0.6 is 0 Å². The van der Waals surface area contributed by atoms with Gasteiger partial charge in [-0.1, -0.05) is 149 Å². The minimum absolute atomic E-state index is 1.11. The Balaban J connectivity index is 1.45. The molecule has 0 saturated heterocycles. The summed E-state index contributed by atoms with van der Waals surface area (Å²) in [6, 6.07) is 58.1. The number of hydrogen-bond donors (Lipinski definition) is 0. The number of para-hydroxylation sites is 2. The Morgan fingerprint density at radius 2 is 0.660 bits per heavy atom. The lowest BCUT2D eigenvalue weighted by Crippen LogP contribution is -2.14. The van der Waals surface area contributed by atoms with Crippen molar-refractivity contribution in [2.24, 2.45) is 0 Å². The number of rotatable bonds is 14. The van der Waals surface area contributed by atoms with Gasteiger partial charge < -0.3 is 9.80 Å². The van der Waals surface area contributed by atoms with Gasteiger partial charge in [0.25, 0.3) is 0 Å². The maximum absolute atomic E-state index is 2.46. The molecule has 7 aromatic carbocycles. The number of anilines is 6. The molecule has 2 nitrogen and oxygen atoms in total. The van der Waals surface area contributed by atoms with Crippen LogP contribution in [0.15, 0.2) is 158 Å². The Morgan fingerprint density at radius 1 is 0.320 bits per heavy atom. The first-order chi connectivity index (χ1) is 24.8. The van der Waals surface area contributed by atoms with Gasteiger partial charge in [-0.05, 0) is 85.3 Å². The number of nitrogens with zero attached hydrogens (tertiary/aromatic N) is 2. The van der Waals surface area contributed by atoms with E-state index in [0.717, 1.165) is 29.9 Å². The fourth-order valence-corrected chi connectivity index (χ4v) is 7.29. The smallest absolute Gasteiger partial charge is 0.0619 e. The van der Waals surface area contributed by atoms with E-state index in [1.807, 2.05) is 0 Å². The Labute approximate surface area is 298 Å². The highest BCUT2D eigenvalue weighted by molar-refractivity contribution is 6.23. The van der Waals surface area contributed by atoms with E-state index in [2.05, 4.69) is 181 Å². The lowest BCUT2D eigenvalue weighted by molar-refractivity contribution is 0.667. The third kappa shape index (κ3) is 7.03. The zero-order chi connectivity index (χ0) is 34.1. The fraction of sp³-hybridized carbons (Fsp3) is 0.208. The number of aryl methyl sites for hydroxylation is 2. The molecule has 0 aliphatic heterocycles. The number of unbranched alkanes of at least 4 members (excludes halogenated alkanes) is 4. The third-order valence-electron chi connectivity index (χ3n) is 9.88. The second kappa shape index (κ2) is 15.9. The van der Waals surface area contributed by atoms with Gasteiger partial charge in [0.05, 0.1) is 11.4 Å². The zero-order valence-corrected chi connectivity index (χ0v) is 29.6. The monoisotopic (exact) mass is 652 g/mol. The standard InChI is InChI=1S/C48H48N2/c1-3-5-7-10-20-38-31-35-42(36-32-38)50(40-23-13-9-14-24-40)48-45-27-17-15-25-43(45)47(44-26-16-18-28-46(44)48)49(39-21-11-8-12-22-39)41-33-29-37(30-34-41)19-6-4-2/h8-9,11-18,21-36H,3-7,10,19-20H2,1-2H3. The lowest BCUT2D eigenvalue weighted by atomic mass is 9.95. The van der Waals surface area contributed by atoms with Crippen molar-refractivity contribution < 1.29 is 0 Å².